The number of carbonyl (C=O) groups is 1. The van der Waals surface area contributed by atoms with Gasteiger partial charge in [-0.25, -0.2) is 4.98 Å². The Balaban J connectivity index is 1.46. The second-order valence-electron chi connectivity index (χ2n) is 8.14. The number of carbonyl (C=O) groups excluding carboxylic acids is 1. The molecule has 1 aliphatic heterocycles. The summed E-state index contributed by atoms with van der Waals surface area (Å²) in [6.07, 6.45) is 2.34. The SMILES string of the molecule is Cc1ccc(-c2csc3ncn(CC(=O)N4CCc5ccccc5C4)c(=O)c23)cc1C. The molecular weight excluding hydrogens is 406 g/mol. The van der Waals surface area contributed by atoms with Crippen molar-refractivity contribution in [2.24, 2.45) is 0 Å². The van der Waals surface area contributed by atoms with E-state index in [-0.39, 0.29) is 18.0 Å². The number of benzene rings is 2. The third kappa shape index (κ3) is 3.57. The Labute approximate surface area is 184 Å². The van der Waals surface area contributed by atoms with E-state index in [0.717, 1.165) is 17.5 Å². The number of fused-ring (bicyclic) bond motifs is 2. The Kier molecular flexibility index (Phi) is 4.94. The molecule has 0 radical (unpaired) electrons. The molecule has 0 atom stereocenters. The number of amides is 1. The predicted octanol–water partition coefficient (Wildman–Crippen LogP) is 4.33. The number of aromatic nitrogens is 2. The summed E-state index contributed by atoms with van der Waals surface area (Å²) in [5, 5.41) is 2.57. The lowest BCUT2D eigenvalue weighted by molar-refractivity contribution is -0.132. The smallest absolute Gasteiger partial charge is 0.263 e. The van der Waals surface area contributed by atoms with Gasteiger partial charge in [0.2, 0.25) is 5.91 Å². The molecule has 6 heteroatoms. The van der Waals surface area contributed by atoms with Crippen molar-refractivity contribution in [3.63, 3.8) is 0 Å². The van der Waals surface area contributed by atoms with Gasteiger partial charge in [0.25, 0.3) is 5.56 Å². The van der Waals surface area contributed by atoms with Crippen molar-refractivity contribution < 1.29 is 4.79 Å². The van der Waals surface area contributed by atoms with Gasteiger partial charge in [0.15, 0.2) is 0 Å². The molecule has 0 N–H and O–H groups in total. The monoisotopic (exact) mass is 429 g/mol. The van der Waals surface area contributed by atoms with Crippen molar-refractivity contribution in [2.75, 3.05) is 6.54 Å². The van der Waals surface area contributed by atoms with Gasteiger partial charge in [-0.1, -0.05) is 42.5 Å². The van der Waals surface area contributed by atoms with Crippen LogP contribution in [0.3, 0.4) is 0 Å². The zero-order valence-corrected chi connectivity index (χ0v) is 18.4. The minimum atomic E-state index is -0.162. The molecular formula is C25H23N3O2S. The van der Waals surface area contributed by atoms with Crippen molar-refractivity contribution in [1.29, 1.82) is 0 Å². The summed E-state index contributed by atoms with van der Waals surface area (Å²) in [6, 6.07) is 14.4. The number of aryl methyl sites for hydroxylation is 2. The van der Waals surface area contributed by atoms with Crippen LogP contribution in [0.15, 0.2) is 59.0 Å². The molecule has 0 saturated carbocycles. The fourth-order valence-corrected chi connectivity index (χ4v) is 5.06. The van der Waals surface area contributed by atoms with Crippen molar-refractivity contribution >= 4 is 27.5 Å². The molecule has 0 aliphatic carbocycles. The van der Waals surface area contributed by atoms with Crippen LogP contribution in [-0.4, -0.2) is 26.9 Å². The molecule has 0 spiro atoms. The van der Waals surface area contributed by atoms with Gasteiger partial charge in [0.1, 0.15) is 11.4 Å². The van der Waals surface area contributed by atoms with Gasteiger partial charge in [0, 0.05) is 24.0 Å². The van der Waals surface area contributed by atoms with Gasteiger partial charge in [-0.15, -0.1) is 11.3 Å². The molecule has 3 heterocycles. The average Bonchev–Trinajstić information content (AvgIpc) is 3.22. The number of hydrogen-bond donors (Lipinski definition) is 0. The van der Waals surface area contributed by atoms with E-state index in [9.17, 15) is 9.59 Å². The fourth-order valence-electron chi connectivity index (χ4n) is 4.16. The number of thiophene rings is 1. The highest BCUT2D eigenvalue weighted by Gasteiger charge is 2.22. The van der Waals surface area contributed by atoms with Crippen LogP contribution in [0.1, 0.15) is 22.3 Å². The van der Waals surface area contributed by atoms with Gasteiger partial charge in [-0.2, -0.15) is 0 Å². The van der Waals surface area contributed by atoms with E-state index in [4.69, 9.17) is 0 Å². The summed E-state index contributed by atoms with van der Waals surface area (Å²) in [5.41, 5.74) is 6.60. The van der Waals surface area contributed by atoms with E-state index in [1.165, 1.54) is 44.5 Å². The van der Waals surface area contributed by atoms with Crippen molar-refractivity contribution in [1.82, 2.24) is 14.5 Å². The maximum absolute atomic E-state index is 13.3. The Morgan fingerprint density at radius 1 is 1.10 bits per heavy atom. The highest BCUT2D eigenvalue weighted by atomic mass is 32.1. The lowest BCUT2D eigenvalue weighted by Crippen LogP contribution is -2.39. The Bertz CT molecular complexity index is 1370. The minimum Gasteiger partial charge on any atom is -0.336 e. The third-order valence-electron chi connectivity index (χ3n) is 6.17. The Hall–Kier alpha value is -3.25. The van der Waals surface area contributed by atoms with E-state index in [2.05, 4.69) is 43.1 Å². The molecule has 5 rings (SSSR count). The van der Waals surface area contributed by atoms with Crippen molar-refractivity contribution in [3.05, 3.63) is 86.8 Å². The molecule has 5 nitrogen and oxygen atoms in total. The molecule has 2 aromatic heterocycles. The quantitative estimate of drug-likeness (QED) is 0.487. The summed E-state index contributed by atoms with van der Waals surface area (Å²) < 4.78 is 1.45. The third-order valence-corrected chi connectivity index (χ3v) is 7.05. The van der Waals surface area contributed by atoms with Gasteiger partial charge in [0.05, 0.1) is 11.7 Å². The highest BCUT2D eigenvalue weighted by molar-refractivity contribution is 7.17. The van der Waals surface area contributed by atoms with Crippen molar-refractivity contribution in [2.45, 2.75) is 33.4 Å². The zero-order chi connectivity index (χ0) is 21.5. The normalized spacial score (nSPS) is 13.4. The lowest BCUT2D eigenvalue weighted by atomic mass is 10.00. The summed E-state index contributed by atoms with van der Waals surface area (Å²) in [5.74, 6) is -0.0549. The zero-order valence-electron chi connectivity index (χ0n) is 17.6. The van der Waals surface area contributed by atoms with Crippen LogP contribution >= 0.6 is 11.3 Å². The standard InChI is InChI=1S/C25H23N3O2S/c1-16-7-8-19(11-17(16)2)21-14-31-24-23(21)25(30)28(15-26-24)13-22(29)27-10-9-18-5-3-4-6-20(18)12-27/h3-8,11,14-15H,9-10,12-13H2,1-2H3. The number of hydrogen-bond acceptors (Lipinski definition) is 4. The van der Waals surface area contributed by atoms with E-state index >= 15 is 0 Å². The largest absolute Gasteiger partial charge is 0.336 e. The first kappa shape index (κ1) is 19.7. The van der Waals surface area contributed by atoms with Crippen molar-refractivity contribution in [3.8, 4) is 11.1 Å². The van der Waals surface area contributed by atoms with E-state index in [1.807, 2.05) is 28.5 Å². The summed E-state index contributed by atoms with van der Waals surface area (Å²) in [6.45, 7) is 5.41. The maximum atomic E-state index is 13.3. The van der Waals surface area contributed by atoms with Gasteiger partial charge in [-0.05, 0) is 48.1 Å². The highest BCUT2D eigenvalue weighted by Crippen LogP contribution is 2.31. The number of nitrogens with zero attached hydrogens (tertiary/aromatic N) is 3. The van der Waals surface area contributed by atoms with Crippen LogP contribution in [0.25, 0.3) is 21.3 Å². The molecule has 0 fully saturated rings. The lowest BCUT2D eigenvalue weighted by Gasteiger charge is -2.29. The van der Waals surface area contributed by atoms with Crippen LogP contribution in [0, 0.1) is 13.8 Å². The molecule has 2 aromatic carbocycles. The molecule has 1 amide bonds. The first-order chi connectivity index (χ1) is 15.0. The van der Waals surface area contributed by atoms with Crippen LogP contribution < -0.4 is 5.56 Å². The molecule has 31 heavy (non-hydrogen) atoms. The summed E-state index contributed by atoms with van der Waals surface area (Å²) in [7, 11) is 0. The minimum absolute atomic E-state index is 0.00610. The van der Waals surface area contributed by atoms with Crippen LogP contribution in [0.2, 0.25) is 0 Å². The first-order valence-electron chi connectivity index (χ1n) is 10.4. The second-order valence-corrected chi connectivity index (χ2v) is 9.00. The predicted molar refractivity (Wildman–Crippen MR) is 124 cm³/mol. The van der Waals surface area contributed by atoms with Gasteiger partial charge >= 0.3 is 0 Å². The van der Waals surface area contributed by atoms with E-state index in [0.29, 0.717) is 23.3 Å². The first-order valence-corrected chi connectivity index (χ1v) is 11.3. The average molecular weight is 430 g/mol. The molecule has 156 valence electrons. The second kappa shape index (κ2) is 7.78. The molecule has 0 bridgehead atoms. The summed E-state index contributed by atoms with van der Waals surface area (Å²) >= 11 is 1.46. The molecule has 4 aromatic rings. The van der Waals surface area contributed by atoms with Crippen LogP contribution in [0.4, 0.5) is 0 Å². The molecule has 0 unspecified atom stereocenters. The Morgan fingerprint density at radius 3 is 2.71 bits per heavy atom. The topological polar surface area (TPSA) is 55.2 Å². The van der Waals surface area contributed by atoms with Crippen LogP contribution in [-0.2, 0) is 24.3 Å². The molecule has 1 aliphatic rings. The Morgan fingerprint density at radius 2 is 1.90 bits per heavy atom. The van der Waals surface area contributed by atoms with Gasteiger partial charge < -0.3 is 4.90 Å². The van der Waals surface area contributed by atoms with Gasteiger partial charge in [-0.3, -0.25) is 14.2 Å². The van der Waals surface area contributed by atoms with E-state index < -0.39 is 0 Å². The van der Waals surface area contributed by atoms with E-state index in [1.54, 1.807) is 0 Å². The fraction of sp³-hybridized carbons (Fsp3) is 0.240. The number of rotatable bonds is 3. The maximum Gasteiger partial charge on any atom is 0.263 e. The summed E-state index contributed by atoms with van der Waals surface area (Å²) in [4.78, 5) is 33.3. The molecule has 0 saturated heterocycles. The van der Waals surface area contributed by atoms with Crippen LogP contribution in [0.5, 0.6) is 0 Å².